The molecule has 2 aliphatic heterocycles. The molecule has 0 aliphatic carbocycles. The minimum absolute atomic E-state index is 0.893. The number of aromatic nitrogens is 1. The fourth-order valence-electron chi connectivity index (χ4n) is 7.82. The molecule has 3 heterocycles. The van der Waals surface area contributed by atoms with Gasteiger partial charge >= 0.3 is 0 Å². The van der Waals surface area contributed by atoms with Crippen LogP contribution in [-0.4, -0.2) is 29.0 Å². The summed E-state index contributed by atoms with van der Waals surface area (Å²) in [5, 5.41) is 7.69. The average Bonchev–Trinajstić information content (AvgIpc) is 3.34. The van der Waals surface area contributed by atoms with Crippen molar-refractivity contribution < 1.29 is 0 Å². The van der Waals surface area contributed by atoms with Gasteiger partial charge in [0.25, 0.3) is 0 Å². The molecule has 0 bridgehead atoms. The fourth-order valence-corrected chi connectivity index (χ4v) is 16.0. The molecule has 1 aromatic heterocycles. The normalized spacial score (nSPS) is 19.9. The molecule has 0 saturated heterocycles. The smallest absolute Gasteiger partial charge is 0.0752 e. The first-order chi connectivity index (χ1) is 22.0. The summed E-state index contributed by atoms with van der Waals surface area (Å²) >= 11 is 13.9. The van der Waals surface area contributed by atoms with Crippen LogP contribution in [0, 0.1) is 27.7 Å². The van der Waals surface area contributed by atoms with E-state index < -0.39 is 12.2 Å². The van der Waals surface area contributed by atoms with Crippen molar-refractivity contribution in [1.82, 2.24) is 9.24 Å². The molecule has 2 unspecified atom stereocenters. The second-order valence-corrected chi connectivity index (χ2v) is 22.4. The molecule has 232 valence electrons. The molecule has 2 atom stereocenters. The Bertz CT molecular complexity index is 2320. The molecule has 2 aliphatic rings. The molecule has 7 heteroatoms. The summed E-state index contributed by atoms with van der Waals surface area (Å²) < 4.78 is 5.04. The van der Waals surface area contributed by atoms with Crippen LogP contribution in [0.4, 0.5) is 17.1 Å². The van der Waals surface area contributed by atoms with E-state index in [-0.39, 0.29) is 0 Å². The van der Waals surface area contributed by atoms with Gasteiger partial charge in [-0.25, -0.2) is 0 Å². The van der Waals surface area contributed by atoms with E-state index in [0.717, 1.165) is 18.8 Å². The first kappa shape index (κ1) is 30.3. The van der Waals surface area contributed by atoms with Crippen molar-refractivity contribution >= 4 is 95.9 Å². The van der Waals surface area contributed by atoms with E-state index in [1.165, 1.54) is 82.3 Å². The summed E-state index contributed by atoms with van der Waals surface area (Å²) in [5.41, 5.74) is 12.3. The summed E-state index contributed by atoms with van der Waals surface area (Å²) in [5.74, 6) is 0. The van der Waals surface area contributed by atoms with E-state index in [0.29, 0.717) is 0 Å². The Morgan fingerprint density at radius 1 is 0.587 bits per heavy atom. The van der Waals surface area contributed by atoms with E-state index in [9.17, 15) is 0 Å². The van der Waals surface area contributed by atoms with Gasteiger partial charge in [-0.1, -0.05) is 84.0 Å². The van der Waals surface area contributed by atoms with Gasteiger partial charge in [0.1, 0.15) is 0 Å². The predicted molar refractivity (Wildman–Crippen MR) is 210 cm³/mol. The van der Waals surface area contributed by atoms with Crippen molar-refractivity contribution in [3.8, 4) is 5.69 Å². The summed E-state index contributed by atoms with van der Waals surface area (Å²) in [6.07, 6.45) is -2.43. The third-order valence-corrected chi connectivity index (χ3v) is 19.0. The Hall–Kier alpha value is -3.04. The minimum atomic E-state index is -2.43. The first-order valence-corrected chi connectivity index (χ1v) is 22.2. The number of anilines is 3. The van der Waals surface area contributed by atoms with Crippen LogP contribution < -0.4 is 26.1 Å². The molecule has 3 nitrogen and oxygen atoms in total. The standard InChI is InChI=1S/C39H39N3P2S2/c1-8-40(9-2)44(46)36-21-27(6)13-17-34(36)42-33-16-12-26(5)20-35(33)43(7,45)37-22-28(23-38(44)39(37)42)41-31-14-10-24(3)18-29(31)30-19-25(4)11-15-32(30)41/h10-23H,8-9H2,1-7H3. The van der Waals surface area contributed by atoms with E-state index in [4.69, 9.17) is 23.6 Å². The molecule has 0 radical (unpaired) electrons. The van der Waals surface area contributed by atoms with Crippen molar-refractivity contribution in [2.75, 3.05) is 24.7 Å². The summed E-state index contributed by atoms with van der Waals surface area (Å²) in [6, 6.07) is 30.2. The highest BCUT2D eigenvalue weighted by Crippen LogP contribution is 2.62. The Morgan fingerprint density at radius 3 is 1.63 bits per heavy atom. The maximum absolute atomic E-state index is 7.12. The zero-order chi connectivity index (χ0) is 32.3. The maximum atomic E-state index is 7.12. The van der Waals surface area contributed by atoms with Crippen molar-refractivity contribution in [2.45, 2.75) is 41.5 Å². The lowest BCUT2D eigenvalue weighted by Gasteiger charge is -2.48. The molecule has 0 amide bonds. The quantitative estimate of drug-likeness (QED) is 0.173. The minimum Gasteiger partial charge on any atom is -0.309 e. The highest BCUT2D eigenvalue weighted by molar-refractivity contribution is 8.22. The molecule has 0 saturated carbocycles. The lowest BCUT2D eigenvalue weighted by molar-refractivity contribution is 0.513. The van der Waals surface area contributed by atoms with Gasteiger partial charge in [0.05, 0.1) is 34.3 Å². The molecule has 6 aromatic rings. The van der Waals surface area contributed by atoms with E-state index in [1.54, 1.807) is 0 Å². The van der Waals surface area contributed by atoms with Crippen molar-refractivity contribution in [3.63, 3.8) is 0 Å². The molecule has 5 aromatic carbocycles. The van der Waals surface area contributed by atoms with Crippen LogP contribution >= 0.6 is 12.2 Å². The number of hydrogen-bond donors (Lipinski definition) is 0. The third kappa shape index (κ3) is 4.06. The van der Waals surface area contributed by atoms with Gasteiger partial charge in [-0.2, -0.15) is 0 Å². The molecular weight excluding hydrogens is 637 g/mol. The SMILES string of the molecule is CCN(CC)P1(=S)c2cc(C)ccc2N2c3ccc(C)cc3P(C)(=S)c3cc(-n4c5ccc(C)cc5c5cc(C)ccc54)cc1c32. The molecule has 8 rings (SSSR count). The van der Waals surface area contributed by atoms with Crippen LogP contribution in [0.5, 0.6) is 0 Å². The Balaban J connectivity index is 1.57. The third-order valence-electron chi connectivity index (χ3n) is 10.1. The lowest BCUT2D eigenvalue weighted by Crippen LogP contribution is -2.46. The largest absolute Gasteiger partial charge is 0.309 e. The van der Waals surface area contributed by atoms with Crippen LogP contribution in [0.1, 0.15) is 36.1 Å². The topological polar surface area (TPSA) is 11.4 Å². The zero-order valence-corrected chi connectivity index (χ0v) is 31.0. The van der Waals surface area contributed by atoms with Gasteiger partial charge in [0.15, 0.2) is 0 Å². The summed E-state index contributed by atoms with van der Waals surface area (Å²) in [6.45, 7) is 17.4. The highest BCUT2D eigenvalue weighted by atomic mass is 32.4. The van der Waals surface area contributed by atoms with Gasteiger partial charge in [-0.05, 0) is 95.0 Å². The maximum Gasteiger partial charge on any atom is 0.0752 e. The molecule has 46 heavy (non-hydrogen) atoms. The first-order valence-electron chi connectivity index (χ1n) is 16.2. The Morgan fingerprint density at radius 2 is 1.07 bits per heavy atom. The van der Waals surface area contributed by atoms with Gasteiger partial charge in [0.2, 0.25) is 0 Å². The number of hydrogen-bond acceptors (Lipinski definition) is 3. The van der Waals surface area contributed by atoms with E-state index in [2.05, 4.69) is 147 Å². The number of nitrogens with zero attached hydrogens (tertiary/aromatic N) is 3. The Kier molecular flexibility index (Phi) is 6.90. The molecular formula is C39H39N3P2S2. The van der Waals surface area contributed by atoms with Crippen molar-refractivity contribution in [1.29, 1.82) is 0 Å². The number of fused-ring (bicyclic) bond motifs is 7. The van der Waals surface area contributed by atoms with E-state index in [1.807, 2.05) is 0 Å². The van der Waals surface area contributed by atoms with Gasteiger partial charge in [0, 0.05) is 56.8 Å². The number of benzene rings is 5. The van der Waals surface area contributed by atoms with Crippen LogP contribution in [0.2, 0.25) is 0 Å². The van der Waals surface area contributed by atoms with Gasteiger partial charge in [-0.15, -0.1) is 0 Å². The fraction of sp³-hybridized carbons (Fsp3) is 0.231. The Labute approximate surface area is 282 Å². The lowest BCUT2D eigenvalue weighted by atomic mass is 10.1. The molecule has 0 N–H and O–H groups in total. The van der Waals surface area contributed by atoms with Crippen molar-refractivity contribution in [3.05, 3.63) is 107 Å². The van der Waals surface area contributed by atoms with Crippen LogP contribution in [0.3, 0.4) is 0 Å². The van der Waals surface area contributed by atoms with Gasteiger partial charge < -0.3 is 9.47 Å². The number of rotatable bonds is 4. The average molecular weight is 676 g/mol. The van der Waals surface area contributed by atoms with Crippen LogP contribution in [0.15, 0.2) is 84.9 Å². The molecule has 0 fully saturated rings. The van der Waals surface area contributed by atoms with E-state index >= 15 is 0 Å². The van der Waals surface area contributed by atoms with Crippen molar-refractivity contribution in [2.24, 2.45) is 0 Å². The second kappa shape index (κ2) is 10.5. The predicted octanol–water partition coefficient (Wildman–Crippen LogP) is 8.86. The number of aryl methyl sites for hydroxylation is 4. The molecule has 0 spiro atoms. The van der Waals surface area contributed by atoms with Crippen LogP contribution in [-0.2, 0) is 23.6 Å². The second-order valence-electron chi connectivity index (χ2n) is 13.2. The van der Waals surface area contributed by atoms with Crippen LogP contribution in [0.25, 0.3) is 27.5 Å². The summed E-state index contributed by atoms with van der Waals surface area (Å²) in [7, 11) is 0. The monoisotopic (exact) mass is 675 g/mol. The highest BCUT2D eigenvalue weighted by Gasteiger charge is 2.46. The zero-order valence-electron chi connectivity index (χ0n) is 27.5. The summed E-state index contributed by atoms with van der Waals surface area (Å²) in [4.78, 5) is 2.51. The van der Waals surface area contributed by atoms with Gasteiger partial charge in [-0.3, -0.25) is 4.67 Å².